The first-order valence-corrected chi connectivity index (χ1v) is 5.55. The van der Waals surface area contributed by atoms with E-state index >= 15 is 0 Å². The van der Waals surface area contributed by atoms with E-state index in [0.717, 1.165) is 6.42 Å². The van der Waals surface area contributed by atoms with E-state index in [2.05, 4.69) is 0 Å². The SMILES string of the molecule is O=C1CCC[C@@H]1[C@H](O)c1ccccc1[N+](=O)[O-]. The van der Waals surface area contributed by atoms with Crippen molar-refractivity contribution in [3.8, 4) is 0 Å². The van der Waals surface area contributed by atoms with Crippen LogP contribution in [-0.4, -0.2) is 15.8 Å². The van der Waals surface area contributed by atoms with Crippen molar-refractivity contribution in [1.29, 1.82) is 0 Å². The number of hydrogen-bond donors (Lipinski definition) is 1. The van der Waals surface area contributed by atoms with Gasteiger partial charge in [-0.3, -0.25) is 14.9 Å². The summed E-state index contributed by atoms with van der Waals surface area (Å²) in [6, 6.07) is 6.03. The van der Waals surface area contributed by atoms with Crippen LogP contribution in [0.1, 0.15) is 30.9 Å². The Balaban J connectivity index is 2.33. The lowest BCUT2D eigenvalue weighted by Gasteiger charge is -2.16. The van der Waals surface area contributed by atoms with Crippen LogP contribution < -0.4 is 0 Å². The molecule has 17 heavy (non-hydrogen) atoms. The third-order valence-corrected chi connectivity index (χ3v) is 3.19. The minimum atomic E-state index is -1.06. The van der Waals surface area contributed by atoms with Gasteiger partial charge in [0.1, 0.15) is 5.78 Å². The summed E-state index contributed by atoms with van der Waals surface area (Å²) in [4.78, 5) is 21.8. The lowest BCUT2D eigenvalue weighted by molar-refractivity contribution is -0.386. The molecule has 0 heterocycles. The van der Waals surface area contributed by atoms with Gasteiger partial charge in [0.15, 0.2) is 0 Å². The van der Waals surface area contributed by atoms with Crippen LogP contribution in [0.5, 0.6) is 0 Å². The van der Waals surface area contributed by atoms with Gasteiger partial charge in [0.25, 0.3) is 5.69 Å². The maximum absolute atomic E-state index is 11.5. The van der Waals surface area contributed by atoms with Crippen molar-refractivity contribution >= 4 is 11.5 Å². The molecule has 1 N–H and O–H groups in total. The summed E-state index contributed by atoms with van der Waals surface area (Å²) in [5, 5.41) is 20.9. The Morgan fingerprint density at radius 1 is 1.41 bits per heavy atom. The Kier molecular flexibility index (Phi) is 3.19. The molecule has 0 radical (unpaired) electrons. The Bertz CT molecular complexity index is 458. The van der Waals surface area contributed by atoms with Gasteiger partial charge in [-0.05, 0) is 18.9 Å². The van der Waals surface area contributed by atoms with Gasteiger partial charge in [-0.15, -0.1) is 0 Å². The van der Waals surface area contributed by atoms with Crippen molar-refractivity contribution in [1.82, 2.24) is 0 Å². The van der Waals surface area contributed by atoms with Crippen molar-refractivity contribution in [2.75, 3.05) is 0 Å². The lowest BCUT2D eigenvalue weighted by Crippen LogP contribution is -2.17. The molecule has 0 unspecified atom stereocenters. The third kappa shape index (κ3) is 2.19. The molecule has 0 bridgehead atoms. The van der Waals surface area contributed by atoms with Gasteiger partial charge in [0, 0.05) is 18.4 Å². The average molecular weight is 235 g/mol. The van der Waals surface area contributed by atoms with Gasteiger partial charge in [0.05, 0.1) is 16.6 Å². The van der Waals surface area contributed by atoms with E-state index in [1.165, 1.54) is 12.1 Å². The average Bonchev–Trinajstić information content (AvgIpc) is 2.74. The second-order valence-electron chi connectivity index (χ2n) is 4.23. The van der Waals surface area contributed by atoms with Gasteiger partial charge in [-0.25, -0.2) is 0 Å². The summed E-state index contributed by atoms with van der Waals surface area (Å²) in [7, 11) is 0. The van der Waals surface area contributed by atoms with Crippen molar-refractivity contribution in [2.45, 2.75) is 25.4 Å². The Morgan fingerprint density at radius 3 is 2.71 bits per heavy atom. The molecule has 2 rings (SSSR count). The van der Waals surface area contributed by atoms with Crippen LogP contribution in [0.4, 0.5) is 5.69 Å². The second-order valence-corrected chi connectivity index (χ2v) is 4.23. The van der Waals surface area contributed by atoms with Crippen molar-refractivity contribution < 1.29 is 14.8 Å². The molecule has 0 spiro atoms. The van der Waals surface area contributed by atoms with Crippen LogP contribution in [0.3, 0.4) is 0 Å². The Morgan fingerprint density at radius 2 is 2.12 bits per heavy atom. The quantitative estimate of drug-likeness (QED) is 0.641. The first-order chi connectivity index (χ1) is 8.11. The zero-order valence-corrected chi connectivity index (χ0v) is 9.20. The van der Waals surface area contributed by atoms with E-state index < -0.39 is 16.9 Å². The van der Waals surface area contributed by atoms with Crippen LogP contribution in [0.2, 0.25) is 0 Å². The number of carbonyl (C=O) groups excluding carboxylic acids is 1. The molecule has 1 aliphatic carbocycles. The molecule has 1 saturated carbocycles. The summed E-state index contributed by atoms with van der Waals surface area (Å²) in [5.74, 6) is -0.494. The van der Waals surface area contributed by atoms with Gasteiger partial charge < -0.3 is 5.11 Å². The highest BCUT2D eigenvalue weighted by Crippen LogP contribution is 2.36. The molecular weight excluding hydrogens is 222 g/mol. The topological polar surface area (TPSA) is 80.4 Å². The number of aliphatic hydroxyl groups excluding tert-OH is 1. The summed E-state index contributed by atoms with van der Waals surface area (Å²) in [6.07, 6.45) is 0.752. The number of ketones is 1. The van der Waals surface area contributed by atoms with Gasteiger partial charge in [-0.1, -0.05) is 12.1 Å². The molecule has 5 nitrogen and oxygen atoms in total. The molecule has 0 aliphatic heterocycles. The van der Waals surface area contributed by atoms with Gasteiger partial charge in [0.2, 0.25) is 0 Å². The maximum atomic E-state index is 11.5. The Labute approximate surface area is 98.2 Å². The normalized spacial score (nSPS) is 21.5. The second kappa shape index (κ2) is 4.63. The fourth-order valence-corrected chi connectivity index (χ4v) is 2.30. The number of nitrogens with zero attached hydrogens (tertiary/aromatic N) is 1. The highest BCUT2D eigenvalue weighted by atomic mass is 16.6. The third-order valence-electron chi connectivity index (χ3n) is 3.19. The minimum Gasteiger partial charge on any atom is -0.387 e. The number of benzene rings is 1. The lowest BCUT2D eigenvalue weighted by atomic mass is 9.93. The minimum absolute atomic E-state index is 0.00403. The van der Waals surface area contributed by atoms with Crippen LogP contribution in [0.15, 0.2) is 24.3 Å². The predicted octanol–water partition coefficient (Wildman–Crippen LogP) is 2.00. The van der Waals surface area contributed by atoms with E-state index in [9.17, 15) is 20.0 Å². The van der Waals surface area contributed by atoms with Crippen LogP contribution in [-0.2, 0) is 4.79 Å². The monoisotopic (exact) mass is 235 g/mol. The largest absolute Gasteiger partial charge is 0.387 e. The molecule has 2 atom stereocenters. The molecule has 1 aromatic rings. The number of aliphatic hydroxyl groups is 1. The molecule has 1 aliphatic rings. The van der Waals surface area contributed by atoms with Crippen LogP contribution in [0.25, 0.3) is 0 Å². The number of hydrogen-bond acceptors (Lipinski definition) is 4. The first-order valence-electron chi connectivity index (χ1n) is 5.55. The zero-order chi connectivity index (χ0) is 12.4. The predicted molar refractivity (Wildman–Crippen MR) is 60.4 cm³/mol. The van der Waals surface area contributed by atoms with Crippen LogP contribution in [0, 0.1) is 16.0 Å². The fraction of sp³-hybridized carbons (Fsp3) is 0.417. The summed E-state index contributed by atoms with van der Waals surface area (Å²) >= 11 is 0. The first kappa shape index (κ1) is 11.7. The van der Waals surface area contributed by atoms with Crippen molar-refractivity contribution in [3.63, 3.8) is 0 Å². The number of carbonyl (C=O) groups is 1. The fourth-order valence-electron chi connectivity index (χ4n) is 2.30. The highest BCUT2D eigenvalue weighted by Gasteiger charge is 2.34. The van der Waals surface area contributed by atoms with Crippen molar-refractivity contribution in [2.24, 2.45) is 5.92 Å². The number of para-hydroxylation sites is 1. The number of Topliss-reactive ketones (excluding diaryl/α,β-unsaturated/α-hetero) is 1. The standard InChI is InChI=1S/C12H13NO4/c14-11-7-3-5-9(11)12(15)8-4-1-2-6-10(8)13(16)17/h1-2,4,6,9,12,15H,3,5,7H2/t9-,12+/m0/s1. The zero-order valence-electron chi connectivity index (χ0n) is 9.20. The molecule has 0 amide bonds. The number of nitro groups is 1. The van der Waals surface area contributed by atoms with Gasteiger partial charge >= 0.3 is 0 Å². The molecule has 1 fully saturated rings. The van der Waals surface area contributed by atoms with E-state index in [4.69, 9.17) is 0 Å². The summed E-state index contributed by atoms with van der Waals surface area (Å²) in [5.41, 5.74) is 0.109. The molecule has 5 heteroatoms. The van der Waals surface area contributed by atoms with Crippen LogP contribution >= 0.6 is 0 Å². The highest BCUT2D eigenvalue weighted by molar-refractivity contribution is 5.83. The van der Waals surface area contributed by atoms with E-state index in [-0.39, 0.29) is 17.0 Å². The Hall–Kier alpha value is -1.75. The number of nitro benzene ring substituents is 1. The summed E-state index contributed by atoms with van der Waals surface area (Å²) < 4.78 is 0. The van der Waals surface area contributed by atoms with Crippen molar-refractivity contribution in [3.05, 3.63) is 39.9 Å². The van der Waals surface area contributed by atoms with E-state index in [0.29, 0.717) is 12.8 Å². The van der Waals surface area contributed by atoms with E-state index in [1.54, 1.807) is 12.1 Å². The molecular formula is C12H13NO4. The molecule has 0 aromatic heterocycles. The number of rotatable bonds is 3. The van der Waals surface area contributed by atoms with Gasteiger partial charge in [-0.2, -0.15) is 0 Å². The smallest absolute Gasteiger partial charge is 0.275 e. The summed E-state index contributed by atoms with van der Waals surface area (Å²) in [6.45, 7) is 0. The van der Waals surface area contributed by atoms with E-state index in [1.807, 2.05) is 0 Å². The molecule has 1 aromatic carbocycles. The molecule has 90 valence electrons. The maximum Gasteiger partial charge on any atom is 0.275 e. The molecule has 0 saturated heterocycles.